The molecule has 368 valence electrons. The maximum absolute atomic E-state index is 14.6. The van der Waals surface area contributed by atoms with E-state index in [1.807, 2.05) is 118 Å². The zero-order valence-corrected chi connectivity index (χ0v) is 40.7. The van der Waals surface area contributed by atoms with Gasteiger partial charge in [-0.25, -0.2) is 4.79 Å². The molecule has 2 heterocycles. The minimum atomic E-state index is -0.772. The Morgan fingerprint density at radius 2 is 1.49 bits per heavy atom. The third kappa shape index (κ3) is 13.3. The van der Waals surface area contributed by atoms with Crippen LogP contribution in [0.3, 0.4) is 0 Å². The molecule has 5 atom stereocenters. The lowest BCUT2D eigenvalue weighted by Gasteiger charge is -2.42. The minimum absolute atomic E-state index is 0.0257. The predicted molar refractivity (Wildman–Crippen MR) is 269 cm³/mol. The molecule has 1 saturated heterocycles. The van der Waals surface area contributed by atoms with Crippen LogP contribution in [0.25, 0.3) is 11.1 Å². The number of nitrogens with zero attached hydrogens (tertiary/aromatic N) is 3. The summed E-state index contributed by atoms with van der Waals surface area (Å²) in [6.45, 7) is 9.05. The number of alkyl carbamates (subject to hydrolysis) is 1. The first-order valence-electron chi connectivity index (χ1n) is 24.9. The van der Waals surface area contributed by atoms with Crippen LogP contribution in [0.5, 0.6) is 0 Å². The number of rotatable bonds is 20. The van der Waals surface area contributed by atoms with Crippen molar-refractivity contribution in [1.82, 2.24) is 30.7 Å². The fraction of sp³-hybridized carbons (Fsp3) is 0.421. The maximum Gasteiger partial charge on any atom is 0.407 e. The van der Waals surface area contributed by atoms with Crippen LogP contribution in [0.15, 0.2) is 128 Å². The summed E-state index contributed by atoms with van der Waals surface area (Å²) >= 11 is 0. The van der Waals surface area contributed by atoms with Gasteiger partial charge < -0.3 is 30.5 Å². The maximum atomic E-state index is 14.6. The van der Waals surface area contributed by atoms with Crippen molar-refractivity contribution < 1.29 is 33.8 Å². The number of ether oxygens (including phenoxy) is 2. The Balaban J connectivity index is 0.919. The lowest BCUT2D eigenvalue weighted by molar-refractivity contribution is -0.153. The number of unbranched alkanes of at least 4 members (excludes halogenated alkanes) is 2. The van der Waals surface area contributed by atoms with Gasteiger partial charge in [0.25, 0.3) is 0 Å². The fourth-order valence-electron chi connectivity index (χ4n) is 10.3. The Labute approximate surface area is 412 Å². The summed E-state index contributed by atoms with van der Waals surface area (Å²) in [4.78, 5) is 64.1. The first-order chi connectivity index (χ1) is 33.9. The Morgan fingerprint density at radius 3 is 2.20 bits per heavy atom. The lowest BCUT2D eigenvalue weighted by Crippen LogP contribution is -2.62. The number of piperazine rings is 1. The molecule has 4 N–H and O–H groups in total. The second-order valence-electron chi connectivity index (χ2n) is 20.1. The van der Waals surface area contributed by atoms with Gasteiger partial charge in [-0.2, -0.15) is 0 Å². The van der Waals surface area contributed by atoms with Gasteiger partial charge in [-0.05, 0) is 97.0 Å². The highest BCUT2D eigenvalue weighted by atomic mass is 16.6. The summed E-state index contributed by atoms with van der Waals surface area (Å²) < 4.78 is 12.1. The molecule has 1 aromatic heterocycles. The van der Waals surface area contributed by atoms with Crippen molar-refractivity contribution >= 4 is 23.9 Å². The van der Waals surface area contributed by atoms with Gasteiger partial charge in [-0.1, -0.05) is 116 Å². The second-order valence-corrected chi connectivity index (χ2v) is 20.1. The molecule has 4 aromatic carbocycles. The van der Waals surface area contributed by atoms with Gasteiger partial charge in [0.2, 0.25) is 11.8 Å². The van der Waals surface area contributed by atoms with E-state index >= 15 is 0 Å². The minimum Gasteiger partial charge on any atom is -0.461 e. The molecule has 8 rings (SSSR count). The fourth-order valence-corrected chi connectivity index (χ4v) is 10.3. The SMILES string of the molecule is CC(C)(C)NC(=O)[C@@H]1CN(Cc2cccnc2)CCN1C[C@H](C[C@@H](Cc1ccccc1)C(=O)N[C@H]1c2ccccc2C[C@H]1O)OC(=O)CCCCCNC(=O)OCC1c2ccccc2-c2ccccc21. The van der Waals surface area contributed by atoms with Crippen molar-refractivity contribution in [3.05, 3.63) is 161 Å². The van der Waals surface area contributed by atoms with E-state index in [1.54, 1.807) is 6.20 Å². The highest BCUT2D eigenvalue weighted by molar-refractivity contribution is 5.83. The van der Waals surface area contributed by atoms with Crippen LogP contribution >= 0.6 is 0 Å². The Kier molecular flexibility index (Phi) is 16.8. The third-order valence-corrected chi connectivity index (χ3v) is 13.7. The summed E-state index contributed by atoms with van der Waals surface area (Å²) in [5, 5.41) is 20.4. The van der Waals surface area contributed by atoms with E-state index in [0.29, 0.717) is 64.8 Å². The van der Waals surface area contributed by atoms with E-state index in [-0.39, 0.29) is 49.7 Å². The molecule has 0 saturated carbocycles. The van der Waals surface area contributed by atoms with Gasteiger partial charge in [0, 0.05) is 81.9 Å². The number of pyridine rings is 1. The van der Waals surface area contributed by atoms with Gasteiger partial charge in [0.1, 0.15) is 18.8 Å². The van der Waals surface area contributed by atoms with Gasteiger partial charge in [0.15, 0.2) is 0 Å². The van der Waals surface area contributed by atoms with Crippen LogP contribution in [0.2, 0.25) is 0 Å². The number of carbonyl (C=O) groups excluding carboxylic acids is 4. The summed E-state index contributed by atoms with van der Waals surface area (Å²) in [5.74, 6) is -1.40. The van der Waals surface area contributed by atoms with E-state index in [2.05, 4.69) is 55.0 Å². The second kappa shape index (κ2) is 23.5. The van der Waals surface area contributed by atoms with Gasteiger partial charge in [0.05, 0.1) is 12.1 Å². The molecular weight excluding hydrogens is 881 g/mol. The first-order valence-corrected chi connectivity index (χ1v) is 24.9. The molecule has 2 aliphatic carbocycles. The highest BCUT2D eigenvalue weighted by Gasteiger charge is 2.39. The van der Waals surface area contributed by atoms with Crippen molar-refractivity contribution in [3.8, 4) is 11.1 Å². The Hall–Kier alpha value is -6.41. The average Bonchev–Trinajstić information content (AvgIpc) is 3.84. The molecule has 0 bridgehead atoms. The molecule has 3 amide bonds. The average molecular weight is 949 g/mol. The number of aliphatic hydroxyl groups excluding tert-OH is 1. The smallest absolute Gasteiger partial charge is 0.407 e. The summed E-state index contributed by atoms with van der Waals surface area (Å²) in [6, 6.07) is 36.8. The van der Waals surface area contributed by atoms with E-state index in [9.17, 15) is 24.3 Å². The number of hydrogen-bond donors (Lipinski definition) is 4. The standard InChI is InChI=1S/C57H68N6O7/c1-57(2,3)61-55(67)50-37-62(35-40-19-16-27-58-34-40)29-30-63(50)36-43(32-42(31-39-17-6-4-7-18-39)54(66)60-53-44-21-10-9-20-41(44)33-51(53)64)70-52(65)26-8-5-15-28-59-56(68)69-38-49-47-24-13-11-22-45(47)46-23-12-14-25-48(46)49/h4,6-7,9-14,16-25,27,34,42-43,49-51,53,64H,5,8,15,26,28-33,35-38H2,1-3H3,(H,59,68)(H,60,66)(H,61,67)/t42-,43+,50+,51-,53+/m1/s1. The largest absolute Gasteiger partial charge is 0.461 e. The van der Waals surface area contributed by atoms with Gasteiger partial charge in [-0.15, -0.1) is 0 Å². The van der Waals surface area contributed by atoms with Crippen LogP contribution in [0.4, 0.5) is 4.79 Å². The molecule has 70 heavy (non-hydrogen) atoms. The number of benzene rings is 4. The van der Waals surface area contributed by atoms with Crippen molar-refractivity contribution in [3.63, 3.8) is 0 Å². The highest BCUT2D eigenvalue weighted by Crippen LogP contribution is 2.44. The molecule has 0 radical (unpaired) electrons. The van der Waals surface area contributed by atoms with Crippen LogP contribution < -0.4 is 16.0 Å². The van der Waals surface area contributed by atoms with Gasteiger partial charge >= 0.3 is 12.1 Å². The predicted octanol–water partition coefficient (Wildman–Crippen LogP) is 7.52. The molecule has 0 unspecified atom stereocenters. The Bertz CT molecular complexity index is 2510. The zero-order valence-electron chi connectivity index (χ0n) is 40.7. The first kappa shape index (κ1) is 50.0. The van der Waals surface area contributed by atoms with Crippen molar-refractivity contribution in [2.45, 2.75) is 108 Å². The summed E-state index contributed by atoms with van der Waals surface area (Å²) in [5.41, 5.74) is 8.08. The van der Waals surface area contributed by atoms with Crippen molar-refractivity contribution in [2.75, 3.05) is 39.3 Å². The molecular formula is C57H68N6O7. The summed E-state index contributed by atoms with van der Waals surface area (Å²) in [6.07, 6.45) is 4.63. The third-order valence-electron chi connectivity index (χ3n) is 13.7. The monoisotopic (exact) mass is 949 g/mol. The van der Waals surface area contributed by atoms with Crippen molar-refractivity contribution in [2.24, 2.45) is 5.92 Å². The molecule has 1 aliphatic heterocycles. The quantitative estimate of drug-likeness (QED) is 0.0454. The number of esters is 1. The normalized spacial score (nSPS) is 18.7. The molecule has 0 spiro atoms. The number of fused-ring (bicyclic) bond motifs is 4. The molecule has 13 nitrogen and oxygen atoms in total. The van der Waals surface area contributed by atoms with E-state index in [4.69, 9.17) is 9.47 Å². The van der Waals surface area contributed by atoms with Crippen LogP contribution in [0.1, 0.15) is 98.2 Å². The topological polar surface area (TPSA) is 162 Å². The number of aliphatic hydroxyl groups is 1. The van der Waals surface area contributed by atoms with Crippen LogP contribution in [-0.2, 0) is 43.2 Å². The summed E-state index contributed by atoms with van der Waals surface area (Å²) in [7, 11) is 0. The van der Waals surface area contributed by atoms with Gasteiger partial charge in [-0.3, -0.25) is 29.2 Å². The van der Waals surface area contributed by atoms with E-state index in [1.165, 1.54) is 11.1 Å². The zero-order chi connectivity index (χ0) is 49.0. The number of amides is 3. The molecule has 1 fully saturated rings. The lowest BCUT2D eigenvalue weighted by atomic mass is 9.91. The van der Waals surface area contributed by atoms with E-state index in [0.717, 1.165) is 33.4 Å². The molecule has 3 aliphatic rings. The van der Waals surface area contributed by atoms with Crippen LogP contribution in [-0.4, -0.2) is 107 Å². The number of nitrogens with one attached hydrogen (secondary N) is 3. The molecule has 5 aromatic rings. The Morgan fingerprint density at radius 1 is 0.800 bits per heavy atom. The number of aromatic nitrogens is 1. The van der Waals surface area contributed by atoms with Crippen LogP contribution in [0, 0.1) is 5.92 Å². The van der Waals surface area contributed by atoms with Crippen molar-refractivity contribution in [1.29, 1.82) is 0 Å². The van der Waals surface area contributed by atoms with E-state index < -0.39 is 41.8 Å². The number of carbonyl (C=O) groups is 4. The number of hydrogen-bond acceptors (Lipinski definition) is 10. The molecule has 13 heteroatoms.